The topological polar surface area (TPSA) is 32.3 Å². The molecule has 0 spiro atoms. The lowest BCUT2D eigenvalue weighted by Crippen LogP contribution is -2.52. The van der Waals surface area contributed by atoms with Crippen LogP contribution in [0.25, 0.3) is 0 Å². The van der Waals surface area contributed by atoms with E-state index >= 15 is 0 Å². The SMILES string of the molecule is C#CC(C)(C)NC(C)C(C)(C)O. The van der Waals surface area contributed by atoms with E-state index in [4.69, 9.17) is 6.42 Å². The average molecular weight is 169 g/mol. The van der Waals surface area contributed by atoms with Gasteiger partial charge in [-0.1, -0.05) is 5.92 Å². The van der Waals surface area contributed by atoms with Crippen LogP contribution in [-0.4, -0.2) is 22.3 Å². The molecule has 0 amide bonds. The smallest absolute Gasteiger partial charge is 0.0744 e. The zero-order valence-electron chi connectivity index (χ0n) is 8.60. The molecule has 1 unspecified atom stereocenters. The summed E-state index contributed by atoms with van der Waals surface area (Å²) in [7, 11) is 0. The third-order valence-electron chi connectivity index (χ3n) is 2.00. The van der Waals surface area contributed by atoms with Crippen molar-refractivity contribution in [1.82, 2.24) is 5.32 Å². The third-order valence-corrected chi connectivity index (χ3v) is 2.00. The highest BCUT2D eigenvalue weighted by Gasteiger charge is 2.26. The minimum absolute atomic E-state index is 0.0245. The van der Waals surface area contributed by atoms with Crippen LogP contribution < -0.4 is 5.32 Å². The summed E-state index contributed by atoms with van der Waals surface area (Å²) in [6.07, 6.45) is 5.30. The number of rotatable bonds is 3. The maximum absolute atomic E-state index is 9.61. The molecule has 0 bridgehead atoms. The van der Waals surface area contributed by atoms with Crippen LogP contribution in [0.2, 0.25) is 0 Å². The van der Waals surface area contributed by atoms with Crippen molar-refractivity contribution in [2.75, 3.05) is 0 Å². The van der Waals surface area contributed by atoms with Gasteiger partial charge in [0, 0.05) is 6.04 Å². The van der Waals surface area contributed by atoms with Crippen molar-refractivity contribution in [2.45, 2.75) is 51.8 Å². The van der Waals surface area contributed by atoms with Crippen molar-refractivity contribution in [3.05, 3.63) is 0 Å². The molecule has 0 saturated heterocycles. The number of nitrogens with one attached hydrogen (secondary N) is 1. The van der Waals surface area contributed by atoms with Crippen LogP contribution in [0, 0.1) is 12.3 Å². The quantitative estimate of drug-likeness (QED) is 0.621. The molecule has 0 aromatic heterocycles. The zero-order chi connectivity index (χ0) is 9.99. The first-order valence-corrected chi connectivity index (χ1v) is 4.17. The van der Waals surface area contributed by atoms with E-state index in [1.807, 2.05) is 20.8 Å². The fourth-order valence-electron chi connectivity index (χ4n) is 0.760. The number of hydrogen-bond donors (Lipinski definition) is 2. The predicted molar refractivity (Wildman–Crippen MR) is 51.8 cm³/mol. The maximum atomic E-state index is 9.61. The van der Waals surface area contributed by atoms with Gasteiger partial charge in [0.2, 0.25) is 0 Å². The van der Waals surface area contributed by atoms with Crippen molar-refractivity contribution in [3.63, 3.8) is 0 Å². The van der Waals surface area contributed by atoms with Gasteiger partial charge in [0.1, 0.15) is 0 Å². The number of hydrogen-bond acceptors (Lipinski definition) is 2. The van der Waals surface area contributed by atoms with Crippen LogP contribution >= 0.6 is 0 Å². The van der Waals surface area contributed by atoms with Crippen molar-refractivity contribution in [3.8, 4) is 12.3 Å². The first-order valence-electron chi connectivity index (χ1n) is 4.17. The van der Waals surface area contributed by atoms with Crippen LogP contribution in [0.5, 0.6) is 0 Å². The van der Waals surface area contributed by atoms with E-state index in [1.165, 1.54) is 0 Å². The Hall–Kier alpha value is -0.520. The Bertz CT molecular complexity index is 183. The van der Waals surface area contributed by atoms with Gasteiger partial charge >= 0.3 is 0 Å². The monoisotopic (exact) mass is 169 g/mol. The highest BCUT2D eigenvalue weighted by Crippen LogP contribution is 2.11. The van der Waals surface area contributed by atoms with E-state index in [9.17, 15) is 5.11 Å². The predicted octanol–water partition coefficient (Wildman–Crippen LogP) is 1.15. The normalized spacial score (nSPS) is 15.4. The standard InChI is InChI=1S/C10H19NO/c1-7-9(3,4)11-8(2)10(5,6)12/h1,8,11-12H,2-6H3. The number of aliphatic hydroxyl groups is 1. The largest absolute Gasteiger partial charge is 0.389 e. The molecule has 0 heterocycles. The van der Waals surface area contributed by atoms with Gasteiger partial charge in [0.25, 0.3) is 0 Å². The minimum Gasteiger partial charge on any atom is -0.389 e. The molecule has 0 rings (SSSR count). The summed E-state index contributed by atoms with van der Waals surface area (Å²) >= 11 is 0. The fourth-order valence-corrected chi connectivity index (χ4v) is 0.760. The van der Waals surface area contributed by atoms with Crippen LogP contribution in [0.15, 0.2) is 0 Å². The Morgan fingerprint density at radius 3 is 2.00 bits per heavy atom. The van der Waals surface area contributed by atoms with E-state index in [2.05, 4.69) is 11.2 Å². The summed E-state index contributed by atoms with van der Waals surface area (Å²) in [6, 6.07) is -0.0245. The lowest BCUT2D eigenvalue weighted by Gasteiger charge is -2.32. The third kappa shape index (κ3) is 3.75. The van der Waals surface area contributed by atoms with Gasteiger partial charge in [-0.05, 0) is 34.6 Å². The molecule has 2 nitrogen and oxygen atoms in total. The molecular weight excluding hydrogens is 150 g/mol. The molecule has 0 radical (unpaired) electrons. The molecule has 0 aliphatic heterocycles. The van der Waals surface area contributed by atoms with Gasteiger partial charge in [0.05, 0.1) is 11.1 Å². The maximum Gasteiger partial charge on any atom is 0.0744 e. The second-order valence-electron chi connectivity index (χ2n) is 4.29. The van der Waals surface area contributed by atoms with Crippen LogP contribution in [0.1, 0.15) is 34.6 Å². The van der Waals surface area contributed by atoms with Crippen molar-refractivity contribution >= 4 is 0 Å². The minimum atomic E-state index is -0.742. The molecule has 70 valence electrons. The van der Waals surface area contributed by atoms with Crippen molar-refractivity contribution in [1.29, 1.82) is 0 Å². The van der Waals surface area contributed by atoms with Crippen molar-refractivity contribution in [2.24, 2.45) is 0 Å². The Labute approximate surface area is 75.4 Å². The Morgan fingerprint density at radius 1 is 1.33 bits per heavy atom. The van der Waals surface area contributed by atoms with Gasteiger partial charge in [-0.2, -0.15) is 0 Å². The van der Waals surface area contributed by atoms with Crippen LogP contribution in [-0.2, 0) is 0 Å². The Balaban J connectivity index is 4.22. The highest BCUT2D eigenvalue weighted by molar-refractivity contribution is 5.09. The molecule has 1 atom stereocenters. The fraction of sp³-hybridized carbons (Fsp3) is 0.800. The van der Waals surface area contributed by atoms with Gasteiger partial charge in [-0.25, -0.2) is 0 Å². The number of terminal acetylenes is 1. The molecule has 2 N–H and O–H groups in total. The van der Waals surface area contributed by atoms with E-state index < -0.39 is 5.60 Å². The first kappa shape index (κ1) is 11.5. The molecule has 12 heavy (non-hydrogen) atoms. The van der Waals surface area contributed by atoms with E-state index in [0.29, 0.717) is 0 Å². The van der Waals surface area contributed by atoms with Crippen molar-refractivity contribution < 1.29 is 5.11 Å². The second-order valence-corrected chi connectivity index (χ2v) is 4.29. The molecule has 0 aliphatic carbocycles. The Kier molecular flexibility index (Phi) is 3.32. The molecule has 0 aliphatic rings. The lowest BCUT2D eigenvalue weighted by atomic mass is 9.96. The lowest BCUT2D eigenvalue weighted by molar-refractivity contribution is 0.0376. The average Bonchev–Trinajstić information content (AvgIpc) is 1.85. The van der Waals surface area contributed by atoms with Gasteiger partial charge in [-0.3, -0.25) is 5.32 Å². The summed E-state index contributed by atoms with van der Waals surface area (Å²) < 4.78 is 0. The van der Waals surface area contributed by atoms with Gasteiger partial charge < -0.3 is 5.11 Å². The summed E-state index contributed by atoms with van der Waals surface area (Å²) in [5.74, 6) is 2.62. The summed E-state index contributed by atoms with van der Waals surface area (Å²) in [5.41, 5.74) is -1.10. The molecule has 0 saturated carbocycles. The van der Waals surface area contributed by atoms with Crippen LogP contribution in [0.4, 0.5) is 0 Å². The van der Waals surface area contributed by atoms with E-state index in [0.717, 1.165) is 0 Å². The summed E-state index contributed by atoms with van der Waals surface area (Å²) in [4.78, 5) is 0. The summed E-state index contributed by atoms with van der Waals surface area (Å²) in [5, 5.41) is 12.8. The molecule has 2 heteroatoms. The summed E-state index contributed by atoms with van der Waals surface area (Å²) in [6.45, 7) is 9.26. The van der Waals surface area contributed by atoms with Gasteiger partial charge in [0.15, 0.2) is 0 Å². The van der Waals surface area contributed by atoms with Crippen LogP contribution in [0.3, 0.4) is 0 Å². The van der Waals surface area contributed by atoms with Gasteiger partial charge in [-0.15, -0.1) is 6.42 Å². The molecule has 0 aromatic rings. The molecule has 0 fully saturated rings. The van der Waals surface area contributed by atoms with E-state index in [-0.39, 0.29) is 11.6 Å². The van der Waals surface area contributed by atoms with E-state index in [1.54, 1.807) is 13.8 Å². The zero-order valence-corrected chi connectivity index (χ0v) is 8.60. The highest BCUT2D eigenvalue weighted by atomic mass is 16.3. The molecule has 0 aromatic carbocycles. The second kappa shape index (κ2) is 3.47. The molecular formula is C10H19NO. The Morgan fingerprint density at radius 2 is 1.75 bits per heavy atom. The first-order chi connectivity index (χ1) is 5.19.